The number of nitrogens with zero attached hydrogens (tertiary/aromatic N) is 2. The summed E-state index contributed by atoms with van der Waals surface area (Å²) < 4.78 is 40.8. The number of thioether (sulfide) groups is 1. The first-order valence-corrected chi connectivity index (χ1v) is 15.2. The minimum atomic E-state index is -4.76. The van der Waals surface area contributed by atoms with Crippen LogP contribution >= 0.6 is 11.8 Å². The number of rotatable bonds is 10. The van der Waals surface area contributed by atoms with Gasteiger partial charge in [-0.1, -0.05) is 74.1 Å². The van der Waals surface area contributed by atoms with Gasteiger partial charge in [0.25, 0.3) is 0 Å². The van der Waals surface area contributed by atoms with Gasteiger partial charge in [-0.15, -0.1) is 13.2 Å². The maximum atomic E-state index is 12.8. The van der Waals surface area contributed by atoms with Gasteiger partial charge in [-0.2, -0.15) is 4.99 Å². The maximum absolute atomic E-state index is 12.8. The van der Waals surface area contributed by atoms with E-state index in [9.17, 15) is 27.6 Å². The predicted molar refractivity (Wildman–Crippen MR) is 166 cm³/mol. The topological polar surface area (TPSA) is 88.1 Å². The monoisotopic (exact) mass is 625 g/mol. The minimum Gasteiger partial charge on any atom is -0.406 e. The number of carbonyl (C=O) groups is 3. The van der Waals surface area contributed by atoms with Crippen molar-refractivity contribution in [2.75, 3.05) is 10.7 Å². The van der Waals surface area contributed by atoms with Gasteiger partial charge >= 0.3 is 12.4 Å². The highest BCUT2D eigenvalue weighted by molar-refractivity contribution is 8.15. The molecule has 1 N–H and O–H groups in total. The number of amides is 3. The molecule has 1 aliphatic heterocycles. The Morgan fingerprint density at radius 2 is 1.55 bits per heavy atom. The van der Waals surface area contributed by atoms with Crippen molar-refractivity contribution in [3.8, 4) is 5.75 Å². The highest BCUT2D eigenvalue weighted by Gasteiger charge is 2.33. The first-order chi connectivity index (χ1) is 20.8. The number of anilines is 1. The Balaban J connectivity index is 1.31. The second-order valence-corrected chi connectivity index (χ2v) is 12.0. The Kier molecular flexibility index (Phi) is 10.5. The molecule has 0 aromatic heterocycles. The Labute approximate surface area is 258 Å². The lowest BCUT2D eigenvalue weighted by atomic mass is 9.99. The third kappa shape index (κ3) is 9.19. The number of amidine groups is 1. The van der Waals surface area contributed by atoms with E-state index in [0.29, 0.717) is 17.2 Å². The lowest BCUT2D eigenvalue weighted by Crippen LogP contribution is -2.35. The van der Waals surface area contributed by atoms with Gasteiger partial charge in [-0.3, -0.25) is 14.5 Å². The smallest absolute Gasteiger partial charge is 0.406 e. The van der Waals surface area contributed by atoms with Crippen LogP contribution in [0.2, 0.25) is 0 Å². The molecule has 3 aromatic rings. The molecule has 11 heteroatoms. The molecule has 0 spiro atoms. The Hall–Kier alpha value is -4.12. The Morgan fingerprint density at radius 1 is 0.955 bits per heavy atom. The van der Waals surface area contributed by atoms with Crippen LogP contribution in [-0.4, -0.2) is 41.0 Å². The highest BCUT2D eigenvalue weighted by atomic mass is 32.2. The number of ketones is 1. The summed E-state index contributed by atoms with van der Waals surface area (Å²) in [5.74, 6) is -0.129. The number of alkyl halides is 3. The van der Waals surface area contributed by atoms with E-state index in [1.165, 1.54) is 40.9 Å². The van der Waals surface area contributed by atoms with E-state index in [0.717, 1.165) is 27.9 Å². The summed E-state index contributed by atoms with van der Waals surface area (Å²) in [4.78, 5) is 43.9. The van der Waals surface area contributed by atoms with E-state index in [1.807, 2.05) is 56.3 Å². The summed E-state index contributed by atoms with van der Waals surface area (Å²) in [6.45, 7) is 7.93. The number of hydrogen-bond donors (Lipinski definition) is 1. The zero-order valence-corrected chi connectivity index (χ0v) is 25.7. The molecule has 1 saturated heterocycles. The lowest BCUT2D eigenvalue weighted by molar-refractivity contribution is -0.274. The first-order valence-electron chi connectivity index (χ1n) is 14.2. The molecule has 3 amide bonds. The molecule has 1 unspecified atom stereocenters. The summed E-state index contributed by atoms with van der Waals surface area (Å²) in [7, 11) is 0. The molecule has 0 radical (unpaired) electrons. The number of aliphatic imine (C=N–C) groups is 1. The van der Waals surface area contributed by atoms with E-state index >= 15 is 0 Å². The quantitative estimate of drug-likeness (QED) is 0.259. The second-order valence-electron chi connectivity index (χ2n) is 11.1. The van der Waals surface area contributed by atoms with Crippen molar-refractivity contribution >= 4 is 40.3 Å². The number of aryl methyl sites for hydroxylation is 1. The molecular weight excluding hydrogens is 591 g/mol. The van der Waals surface area contributed by atoms with Crippen molar-refractivity contribution in [3.05, 3.63) is 94.5 Å². The largest absolute Gasteiger partial charge is 0.573 e. The fraction of sp³-hybridized carbons (Fsp3) is 0.333. The molecule has 1 atom stereocenters. The number of Topliss-reactive ketones (excluding diaryl/α,β-unsaturated/α-hetero) is 1. The summed E-state index contributed by atoms with van der Waals surface area (Å²) in [6, 6.07) is 17.9. The minimum absolute atomic E-state index is 0.0783. The van der Waals surface area contributed by atoms with Crippen molar-refractivity contribution in [1.29, 1.82) is 0 Å². The van der Waals surface area contributed by atoms with Gasteiger partial charge in [-0.25, -0.2) is 4.79 Å². The summed E-state index contributed by atoms with van der Waals surface area (Å²) in [6.07, 6.45) is -3.97. The van der Waals surface area contributed by atoms with Crippen LogP contribution in [0, 0.1) is 6.92 Å². The molecule has 4 rings (SSSR count). The standard InChI is InChI=1S/C33H34F3N3O4S/c1-20(2)28-14-5-21(3)15-29(28)39-30(41)19-44-32(39)38-31(42)37-22(4)16-23-6-8-24(9-7-23)17-26(40)18-25-10-12-27(13-11-25)43-33(34,35)36/h5-15,20,22H,16-19H2,1-4H3,(H,37,42). The predicted octanol–water partition coefficient (Wildman–Crippen LogP) is 7.15. The van der Waals surface area contributed by atoms with Crippen molar-refractivity contribution < 1.29 is 32.3 Å². The molecule has 7 nitrogen and oxygen atoms in total. The SMILES string of the molecule is Cc1ccc(C(C)C)c(N2C(=O)CSC2=NC(=O)NC(C)Cc2ccc(CC(=O)Cc3ccc(OC(F)(F)F)cc3)cc2)c1. The zero-order chi connectivity index (χ0) is 32.0. The molecule has 0 bridgehead atoms. The molecule has 0 aliphatic carbocycles. The van der Waals surface area contributed by atoms with Crippen molar-refractivity contribution in [1.82, 2.24) is 5.32 Å². The van der Waals surface area contributed by atoms with Crippen LogP contribution in [-0.2, 0) is 28.9 Å². The molecular formula is C33H34F3N3O4S. The number of halogens is 3. The van der Waals surface area contributed by atoms with Gasteiger partial charge < -0.3 is 10.1 Å². The number of benzene rings is 3. The van der Waals surface area contributed by atoms with E-state index in [4.69, 9.17) is 0 Å². The van der Waals surface area contributed by atoms with E-state index < -0.39 is 12.4 Å². The fourth-order valence-electron chi connectivity index (χ4n) is 4.87. The average molecular weight is 626 g/mol. The van der Waals surface area contributed by atoms with Crippen LogP contribution in [0.15, 0.2) is 71.7 Å². The molecule has 3 aromatic carbocycles. The third-order valence-electron chi connectivity index (χ3n) is 6.91. The summed E-state index contributed by atoms with van der Waals surface area (Å²) in [5, 5.41) is 3.23. The molecule has 1 aliphatic rings. The average Bonchev–Trinajstić information content (AvgIpc) is 3.28. The zero-order valence-electron chi connectivity index (χ0n) is 24.9. The highest BCUT2D eigenvalue weighted by Crippen LogP contribution is 2.34. The number of ether oxygens (including phenoxy) is 1. The third-order valence-corrected chi connectivity index (χ3v) is 7.83. The van der Waals surface area contributed by atoms with Gasteiger partial charge in [0.05, 0.1) is 11.4 Å². The Bertz CT molecular complexity index is 1540. The van der Waals surface area contributed by atoms with Crippen LogP contribution in [0.1, 0.15) is 54.5 Å². The van der Waals surface area contributed by atoms with Gasteiger partial charge in [0.1, 0.15) is 11.5 Å². The van der Waals surface area contributed by atoms with Gasteiger partial charge in [0.15, 0.2) is 5.17 Å². The van der Waals surface area contributed by atoms with Crippen LogP contribution in [0.5, 0.6) is 5.75 Å². The van der Waals surface area contributed by atoms with Crippen LogP contribution in [0.25, 0.3) is 0 Å². The van der Waals surface area contributed by atoms with Gasteiger partial charge in [0.2, 0.25) is 5.91 Å². The number of nitrogens with one attached hydrogen (secondary N) is 1. The fourth-order valence-corrected chi connectivity index (χ4v) is 5.73. The van der Waals surface area contributed by atoms with Crippen molar-refractivity contribution in [2.45, 2.75) is 65.3 Å². The first kappa shape index (κ1) is 32.8. The van der Waals surface area contributed by atoms with Crippen molar-refractivity contribution in [2.24, 2.45) is 4.99 Å². The van der Waals surface area contributed by atoms with Crippen LogP contribution < -0.4 is 15.0 Å². The van der Waals surface area contributed by atoms with Crippen LogP contribution in [0.3, 0.4) is 0 Å². The molecule has 232 valence electrons. The van der Waals surface area contributed by atoms with E-state index in [2.05, 4.69) is 28.9 Å². The van der Waals surface area contributed by atoms with Crippen molar-refractivity contribution in [3.63, 3.8) is 0 Å². The maximum Gasteiger partial charge on any atom is 0.573 e. The summed E-state index contributed by atoms with van der Waals surface area (Å²) >= 11 is 1.24. The Morgan fingerprint density at radius 3 is 2.14 bits per heavy atom. The molecule has 1 heterocycles. The van der Waals surface area contributed by atoms with E-state index in [-0.39, 0.29) is 48.0 Å². The normalized spacial score (nSPS) is 15.1. The molecule has 1 fully saturated rings. The van der Waals surface area contributed by atoms with E-state index in [1.54, 1.807) is 0 Å². The number of hydrogen-bond acceptors (Lipinski definition) is 5. The van der Waals surface area contributed by atoms with Gasteiger partial charge in [0, 0.05) is 18.9 Å². The summed E-state index contributed by atoms with van der Waals surface area (Å²) in [5.41, 5.74) is 5.12. The molecule has 0 saturated carbocycles. The van der Waals surface area contributed by atoms with Crippen LogP contribution in [0.4, 0.5) is 23.7 Å². The lowest BCUT2D eigenvalue weighted by Gasteiger charge is -2.22. The number of carbonyl (C=O) groups excluding carboxylic acids is 3. The van der Waals surface area contributed by atoms with Gasteiger partial charge in [-0.05, 0) is 72.2 Å². The second kappa shape index (κ2) is 14.1. The molecule has 44 heavy (non-hydrogen) atoms. The number of urea groups is 1.